The van der Waals surface area contributed by atoms with Gasteiger partial charge < -0.3 is 20.1 Å². The number of amides is 4. The number of rotatable bonds is 10. The molecule has 4 N–H and O–H groups in total. The van der Waals surface area contributed by atoms with E-state index < -0.39 is 41.9 Å². The van der Waals surface area contributed by atoms with Crippen molar-refractivity contribution in [3.63, 3.8) is 0 Å². The Labute approximate surface area is 238 Å². The lowest BCUT2D eigenvalue weighted by atomic mass is 10.0. The number of pyridine rings is 3. The molecule has 15 nitrogen and oxygen atoms in total. The second-order valence-corrected chi connectivity index (χ2v) is 8.44. The van der Waals surface area contributed by atoms with Gasteiger partial charge in [0.1, 0.15) is 12.6 Å². The summed E-state index contributed by atoms with van der Waals surface area (Å²) in [5, 5.41) is 21.6. The Balaban J connectivity index is 1.59. The lowest BCUT2D eigenvalue weighted by Crippen LogP contribution is -2.46. The molecule has 0 radical (unpaired) electrons. The monoisotopic (exact) mass is 572 g/mol. The van der Waals surface area contributed by atoms with Crippen molar-refractivity contribution in [1.82, 2.24) is 20.3 Å². The number of ether oxygens (including phenoxy) is 2. The summed E-state index contributed by atoms with van der Waals surface area (Å²) in [7, 11) is 0. The second-order valence-electron chi connectivity index (χ2n) is 8.44. The van der Waals surface area contributed by atoms with E-state index in [0.29, 0.717) is 17.1 Å². The third-order valence-corrected chi connectivity index (χ3v) is 5.53. The Morgan fingerprint density at radius 2 is 1.19 bits per heavy atom. The first-order valence-corrected chi connectivity index (χ1v) is 12.3. The number of non-ortho nitro benzene ring substituents is 1. The predicted octanol–water partition coefficient (Wildman–Crippen LogP) is 4.51. The Bertz CT molecular complexity index is 1490. The fraction of sp³-hybridized carbons (Fsp3) is 0.111. The van der Waals surface area contributed by atoms with Crippen LogP contribution in [-0.4, -0.2) is 50.7 Å². The highest BCUT2D eigenvalue weighted by Gasteiger charge is 2.31. The normalized spacial score (nSPS) is 11.7. The molecule has 0 unspecified atom stereocenters. The Hall–Kier alpha value is -6.12. The highest BCUT2D eigenvalue weighted by atomic mass is 16.6. The van der Waals surface area contributed by atoms with Crippen molar-refractivity contribution in [2.45, 2.75) is 12.1 Å². The first kappa shape index (κ1) is 28.9. The summed E-state index contributed by atoms with van der Waals surface area (Å²) in [6.45, 7) is -0.467. The number of hydrogen-bond acceptors (Lipinski definition) is 10. The number of nitro benzene ring substituents is 1. The summed E-state index contributed by atoms with van der Waals surface area (Å²) < 4.78 is 11.1. The van der Waals surface area contributed by atoms with Crippen LogP contribution in [0.15, 0.2) is 97.8 Å². The van der Waals surface area contributed by atoms with E-state index in [1.807, 2.05) is 0 Å². The fourth-order valence-corrected chi connectivity index (χ4v) is 3.60. The van der Waals surface area contributed by atoms with E-state index in [1.165, 1.54) is 73.6 Å². The zero-order valence-corrected chi connectivity index (χ0v) is 21.7. The van der Waals surface area contributed by atoms with E-state index in [4.69, 9.17) is 9.47 Å². The Morgan fingerprint density at radius 1 is 0.714 bits per heavy atom. The second kappa shape index (κ2) is 14.3. The molecule has 3 aromatic heterocycles. The van der Waals surface area contributed by atoms with Gasteiger partial charge in [0.2, 0.25) is 0 Å². The van der Waals surface area contributed by atoms with Gasteiger partial charge in [0.25, 0.3) is 5.69 Å². The van der Waals surface area contributed by atoms with Gasteiger partial charge in [-0.15, -0.1) is 0 Å². The molecule has 214 valence electrons. The summed E-state index contributed by atoms with van der Waals surface area (Å²) >= 11 is 0. The molecule has 42 heavy (non-hydrogen) atoms. The van der Waals surface area contributed by atoms with Crippen LogP contribution in [0.4, 0.5) is 37.1 Å². The molecular formula is C27H24N8O7. The molecule has 0 aliphatic heterocycles. The maximum Gasteiger partial charge on any atom is 0.412 e. The molecule has 0 bridgehead atoms. The minimum atomic E-state index is -1.27. The van der Waals surface area contributed by atoms with Gasteiger partial charge in [0.15, 0.2) is 6.10 Å². The molecular weight excluding hydrogens is 548 g/mol. The van der Waals surface area contributed by atoms with Crippen molar-refractivity contribution in [2.24, 2.45) is 0 Å². The van der Waals surface area contributed by atoms with Crippen LogP contribution in [-0.2, 0) is 9.47 Å². The van der Waals surface area contributed by atoms with Crippen LogP contribution < -0.4 is 21.3 Å². The van der Waals surface area contributed by atoms with E-state index >= 15 is 0 Å². The van der Waals surface area contributed by atoms with Crippen molar-refractivity contribution < 1.29 is 28.8 Å². The number of nitrogens with one attached hydrogen (secondary N) is 4. The molecule has 0 aliphatic rings. The number of aromatic nitrogens is 3. The maximum absolute atomic E-state index is 13.0. The van der Waals surface area contributed by atoms with Crippen molar-refractivity contribution in [3.05, 3.63) is 114 Å². The van der Waals surface area contributed by atoms with Gasteiger partial charge in [0.05, 0.1) is 4.92 Å². The van der Waals surface area contributed by atoms with Gasteiger partial charge in [-0.2, -0.15) is 0 Å². The molecule has 4 aromatic rings. The van der Waals surface area contributed by atoms with Crippen LogP contribution in [0.3, 0.4) is 0 Å². The highest BCUT2D eigenvalue weighted by molar-refractivity contribution is 5.89. The average molecular weight is 573 g/mol. The first-order chi connectivity index (χ1) is 20.4. The molecule has 0 aliphatic carbocycles. The third kappa shape index (κ3) is 8.70. The van der Waals surface area contributed by atoms with Crippen LogP contribution in [0.2, 0.25) is 0 Å². The lowest BCUT2D eigenvalue weighted by Gasteiger charge is -2.28. The van der Waals surface area contributed by atoms with Crippen LogP contribution in [0.1, 0.15) is 11.7 Å². The molecule has 0 fully saturated rings. The van der Waals surface area contributed by atoms with Gasteiger partial charge in [0, 0.05) is 66.4 Å². The quantitative estimate of drug-likeness (QED) is 0.155. The minimum absolute atomic E-state index is 0.202. The van der Waals surface area contributed by atoms with E-state index in [1.54, 1.807) is 24.3 Å². The largest absolute Gasteiger partial charge is 0.447 e. The smallest absolute Gasteiger partial charge is 0.412 e. The van der Waals surface area contributed by atoms with Gasteiger partial charge >= 0.3 is 18.2 Å². The molecule has 2 atom stereocenters. The molecule has 4 amide bonds. The summed E-state index contributed by atoms with van der Waals surface area (Å²) in [5.41, 5.74) is 1.28. The SMILES string of the molecule is O=C(Nc1ccncc1)N[C@H](COC(=O)Nc1ccncc1)[C@@H](OC(=O)Nc1ccncc1)c1ccc([N+](=O)[O-])cc1. The van der Waals surface area contributed by atoms with Crippen molar-refractivity contribution in [3.8, 4) is 0 Å². The fourth-order valence-electron chi connectivity index (χ4n) is 3.60. The van der Waals surface area contributed by atoms with E-state index in [9.17, 15) is 24.5 Å². The van der Waals surface area contributed by atoms with Crippen LogP contribution in [0.25, 0.3) is 0 Å². The zero-order chi connectivity index (χ0) is 29.7. The minimum Gasteiger partial charge on any atom is -0.447 e. The van der Waals surface area contributed by atoms with Crippen molar-refractivity contribution in [1.29, 1.82) is 0 Å². The number of hydrogen-bond donors (Lipinski definition) is 4. The molecule has 4 rings (SSSR count). The van der Waals surface area contributed by atoms with E-state index in [-0.39, 0.29) is 11.3 Å². The van der Waals surface area contributed by atoms with E-state index in [0.717, 1.165) is 0 Å². The van der Waals surface area contributed by atoms with Gasteiger partial charge in [-0.05, 0) is 54.1 Å². The average Bonchev–Trinajstić information content (AvgIpc) is 3.00. The first-order valence-electron chi connectivity index (χ1n) is 12.3. The molecule has 0 saturated heterocycles. The number of nitro groups is 1. The summed E-state index contributed by atoms with van der Waals surface area (Å²) in [5.74, 6) is 0. The molecule has 0 spiro atoms. The highest BCUT2D eigenvalue weighted by Crippen LogP contribution is 2.26. The van der Waals surface area contributed by atoms with Gasteiger partial charge in [-0.1, -0.05) is 0 Å². The lowest BCUT2D eigenvalue weighted by molar-refractivity contribution is -0.384. The molecule has 0 saturated carbocycles. The number of carbonyl (C=O) groups is 3. The van der Waals surface area contributed by atoms with E-state index in [2.05, 4.69) is 36.2 Å². The molecule has 3 heterocycles. The standard InChI is InChI=1S/C27H24N8O7/c36-25(31-19-5-11-28-12-6-19)34-23(17-41-26(37)32-20-7-13-29-14-8-20)24(18-1-3-22(4-2-18)35(39)40)42-27(38)33-21-9-15-30-16-10-21/h1-16,23-24H,17H2,(H,29,32,37)(H,30,33,38)(H2,28,31,34,36)/t23-,24+/m1/s1. The van der Waals surface area contributed by atoms with Crippen LogP contribution >= 0.6 is 0 Å². The number of nitrogens with zero attached hydrogens (tertiary/aromatic N) is 4. The number of urea groups is 1. The predicted molar refractivity (Wildman–Crippen MR) is 150 cm³/mol. The topological polar surface area (TPSA) is 200 Å². The summed E-state index contributed by atoms with van der Waals surface area (Å²) in [4.78, 5) is 60.7. The molecule has 1 aromatic carbocycles. The maximum atomic E-state index is 13.0. The summed E-state index contributed by atoms with van der Waals surface area (Å²) in [6, 6.07) is 12.6. The van der Waals surface area contributed by atoms with Crippen LogP contribution in [0.5, 0.6) is 0 Å². The van der Waals surface area contributed by atoms with Gasteiger partial charge in [-0.25, -0.2) is 14.4 Å². The van der Waals surface area contributed by atoms with Crippen molar-refractivity contribution >= 4 is 41.0 Å². The number of carbonyl (C=O) groups excluding carboxylic acids is 3. The number of anilines is 3. The number of benzene rings is 1. The summed E-state index contributed by atoms with van der Waals surface area (Å²) in [6.07, 6.45) is 5.80. The third-order valence-electron chi connectivity index (χ3n) is 5.53. The van der Waals surface area contributed by atoms with Gasteiger partial charge in [-0.3, -0.25) is 35.7 Å². The van der Waals surface area contributed by atoms with Crippen LogP contribution in [0, 0.1) is 10.1 Å². The Kier molecular flexibility index (Phi) is 9.84. The molecule has 15 heteroatoms. The van der Waals surface area contributed by atoms with Crippen molar-refractivity contribution in [2.75, 3.05) is 22.6 Å². The Morgan fingerprint density at radius 3 is 1.69 bits per heavy atom. The zero-order valence-electron chi connectivity index (χ0n) is 21.7.